The first-order valence-corrected chi connectivity index (χ1v) is 4.20. The molecule has 0 radical (unpaired) electrons. The molecule has 0 saturated heterocycles. The summed E-state index contributed by atoms with van der Waals surface area (Å²) in [4.78, 5) is 8.11. The second kappa shape index (κ2) is 3.08. The normalized spacial score (nSPS) is 19.7. The van der Waals surface area contributed by atoms with Crippen molar-refractivity contribution in [2.45, 2.75) is 13.0 Å². The van der Waals surface area contributed by atoms with Crippen LogP contribution in [-0.4, -0.2) is 29.7 Å². The summed E-state index contributed by atoms with van der Waals surface area (Å²) in [6.07, 6.45) is 1.49. The summed E-state index contributed by atoms with van der Waals surface area (Å²) in [6, 6.07) is 0.382. The van der Waals surface area contributed by atoms with Gasteiger partial charge < -0.3 is 15.4 Å². The van der Waals surface area contributed by atoms with Crippen LogP contribution in [0.25, 0.3) is 0 Å². The molecule has 2 N–H and O–H groups in total. The van der Waals surface area contributed by atoms with Gasteiger partial charge in [0.15, 0.2) is 5.82 Å². The number of anilines is 2. The maximum Gasteiger partial charge on any atom is 0.242 e. The summed E-state index contributed by atoms with van der Waals surface area (Å²) >= 11 is 0. The smallest absolute Gasteiger partial charge is 0.242 e. The van der Waals surface area contributed by atoms with Gasteiger partial charge in [-0.2, -0.15) is 4.98 Å². The minimum atomic E-state index is 0.382. The Morgan fingerprint density at radius 3 is 3.15 bits per heavy atom. The minimum Gasteiger partial charge on any atom is -0.479 e. The zero-order valence-electron chi connectivity index (χ0n) is 7.66. The standard InChI is InChI=1S/C8H12N4O/c1-5-3-9-6-7(12-5)10-4-11-8(6)13-2/h4-5,9H,3H2,1-2H3,(H,10,11,12). The molecule has 0 amide bonds. The Bertz CT molecular complexity index is 315. The fraction of sp³-hybridized carbons (Fsp3) is 0.500. The van der Waals surface area contributed by atoms with Crippen LogP contribution in [0.3, 0.4) is 0 Å². The van der Waals surface area contributed by atoms with Gasteiger partial charge in [0.05, 0.1) is 7.11 Å². The monoisotopic (exact) mass is 180 g/mol. The number of nitrogens with one attached hydrogen (secondary N) is 2. The fourth-order valence-electron chi connectivity index (χ4n) is 1.33. The highest BCUT2D eigenvalue weighted by atomic mass is 16.5. The van der Waals surface area contributed by atoms with Gasteiger partial charge in [0, 0.05) is 12.6 Å². The van der Waals surface area contributed by atoms with Gasteiger partial charge in [-0.3, -0.25) is 0 Å². The van der Waals surface area contributed by atoms with Gasteiger partial charge in [-0.15, -0.1) is 0 Å². The predicted octanol–water partition coefficient (Wildman–Crippen LogP) is 0.711. The molecule has 0 saturated carbocycles. The van der Waals surface area contributed by atoms with Gasteiger partial charge in [-0.25, -0.2) is 4.98 Å². The molecule has 5 heteroatoms. The van der Waals surface area contributed by atoms with Crippen LogP contribution in [0.5, 0.6) is 5.88 Å². The Morgan fingerprint density at radius 2 is 2.38 bits per heavy atom. The fourth-order valence-corrected chi connectivity index (χ4v) is 1.33. The highest BCUT2D eigenvalue weighted by Gasteiger charge is 2.18. The predicted molar refractivity (Wildman–Crippen MR) is 50.2 cm³/mol. The average Bonchev–Trinajstić information content (AvgIpc) is 2.16. The van der Waals surface area contributed by atoms with Crippen LogP contribution in [0.1, 0.15) is 6.92 Å². The van der Waals surface area contributed by atoms with Gasteiger partial charge in [-0.05, 0) is 6.92 Å². The molecule has 0 aliphatic carbocycles. The molecule has 1 aliphatic heterocycles. The molecule has 13 heavy (non-hydrogen) atoms. The molecule has 2 rings (SSSR count). The van der Waals surface area contributed by atoms with Crippen molar-refractivity contribution in [3.8, 4) is 5.88 Å². The van der Waals surface area contributed by atoms with E-state index >= 15 is 0 Å². The molecule has 1 unspecified atom stereocenters. The molecule has 1 aromatic rings. The van der Waals surface area contributed by atoms with Crippen molar-refractivity contribution in [1.82, 2.24) is 9.97 Å². The number of hydrogen-bond donors (Lipinski definition) is 2. The van der Waals surface area contributed by atoms with E-state index in [4.69, 9.17) is 4.74 Å². The molecule has 0 bridgehead atoms. The van der Waals surface area contributed by atoms with E-state index in [0.29, 0.717) is 11.9 Å². The first-order valence-electron chi connectivity index (χ1n) is 4.20. The second-order valence-electron chi connectivity index (χ2n) is 3.03. The summed E-state index contributed by atoms with van der Waals surface area (Å²) < 4.78 is 5.09. The van der Waals surface area contributed by atoms with Crippen molar-refractivity contribution in [2.24, 2.45) is 0 Å². The van der Waals surface area contributed by atoms with Crippen LogP contribution >= 0.6 is 0 Å². The second-order valence-corrected chi connectivity index (χ2v) is 3.03. The Labute approximate surface area is 76.5 Å². The van der Waals surface area contributed by atoms with Crippen LogP contribution in [0, 0.1) is 0 Å². The lowest BCUT2D eigenvalue weighted by molar-refractivity contribution is 0.398. The maximum atomic E-state index is 5.09. The van der Waals surface area contributed by atoms with Crippen molar-refractivity contribution in [2.75, 3.05) is 24.3 Å². The number of fused-ring (bicyclic) bond motifs is 1. The van der Waals surface area contributed by atoms with Crippen molar-refractivity contribution >= 4 is 11.5 Å². The number of aromatic nitrogens is 2. The number of ether oxygens (including phenoxy) is 1. The Kier molecular flexibility index (Phi) is 1.92. The zero-order valence-corrected chi connectivity index (χ0v) is 7.66. The van der Waals surface area contributed by atoms with Crippen molar-refractivity contribution < 1.29 is 4.74 Å². The van der Waals surface area contributed by atoms with Crippen molar-refractivity contribution in [3.63, 3.8) is 0 Å². The molecule has 0 spiro atoms. The molecule has 70 valence electrons. The lowest BCUT2D eigenvalue weighted by Crippen LogP contribution is -2.31. The van der Waals surface area contributed by atoms with Gasteiger partial charge >= 0.3 is 0 Å². The maximum absolute atomic E-state index is 5.09. The van der Waals surface area contributed by atoms with E-state index < -0.39 is 0 Å². The molecule has 2 heterocycles. The lowest BCUT2D eigenvalue weighted by Gasteiger charge is -2.24. The summed E-state index contributed by atoms with van der Waals surface area (Å²) in [7, 11) is 1.60. The highest BCUT2D eigenvalue weighted by Crippen LogP contribution is 2.30. The number of hydrogen-bond acceptors (Lipinski definition) is 5. The van der Waals surface area contributed by atoms with E-state index in [1.807, 2.05) is 0 Å². The summed E-state index contributed by atoms with van der Waals surface area (Å²) in [6.45, 7) is 2.95. The topological polar surface area (TPSA) is 59.1 Å². The third-order valence-corrected chi connectivity index (χ3v) is 1.97. The lowest BCUT2D eigenvalue weighted by atomic mass is 10.2. The summed E-state index contributed by atoms with van der Waals surface area (Å²) in [5.74, 6) is 1.40. The largest absolute Gasteiger partial charge is 0.479 e. The Balaban J connectivity index is 2.39. The summed E-state index contributed by atoms with van der Waals surface area (Å²) in [5, 5.41) is 6.46. The minimum absolute atomic E-state index is 0.382. The van der Waals surface area contributed by atoms with Gasteiger partial charge in [0.1, 0.15) is 12.0 Å². The number of nitrogens with zero attached hydrogens (tertiary/aromatic N) is 2. The van der Waals surface area contributed by atoms with E-state index in [9.17, 15) is 0 Å². The van der Waals surface area contributed by atoms with E-state index in [-0.39, 0.29) is 0 Å². The number of methoxy groups -OCH3 is 1. The van der Waals surface area contributed by atoms with E-state index in [2.05, 4.69) is 27.5 Å². The van der Waals surface area contributed by atoms with Gasteiger partial charge in [0.2, 0.25) is 5.88 Å². The Morgan fingerprint density at radius 1 is 1.54 bits per heavy atom. The highest BCUT2D eigenvalue weighted by molar-refractivity contribution is 5.71. The third-order valence-electron chi connectivity index (χ3n) is 1.97. The molecule has 1 aromatic heterocycles. The first kappa shape index (κ1) is 8.10. The molecular formula is C8H12N4O. The van der Waals surface area contributed by atoms with Crippen LogP contribution in [0.2, 0.25) is 0 Å². The van der Waals surface area contributed by atoms with Crippen LogP contribution < -0.4 is 15.4 Å². The quantitative estimate of drug-likeness (QED) is 0.666. The third kappa shape index (κ3) is 1.37. The van der Waals surface area contributed by atoms with Gasteiger partial charge in [0.25, 0.3) is 0 Å². The zero-order chi connectivity index (χ0) is 9.26. The first-order chi connectivity index (χ1) is 6.31. The van der Waals surface area contributed by atoms with E-state index in [0.717, 1.165) is 18.1 Å². The van der Waals surface area contributed by atoms with E-state index in [1.165, 1.54) is 6.33 Å². The average molecular weight is 180 g/mol. The van der Waals surface area contributed by atoms with Crippen LogP contribution in [0.15, 0.2) is 6.33 Å². The number of rotatable bonds is 1. The molecular weight excluding hydrogens is 168 g/mol. The molecule has 1 atom stereocenters. The van der Waals surface area contributed by atoms with Crippen molar-refractivity contribution in [1.29, 1.82) is 0 Å². The molecule has 1 aliphatic rings. The van der Waals surface area contributed by atoms with E-state index in [1.54, 1.807) is 7.11 Å². The molecule has 0 fully saturated rings. The Hall–Kier alpha value is -1.52. The van der Waals surface area contributed by atoms with Crippen molar-refractivity contribution in [3.05, 3.63) is 6.33 Å². The SMILES string of the molecule is COc1ncnc2c1NCC(C)N2. The molecule has 0 aromatic carbocycles. The summed E-state index contributed by atoms with van der Waals surface area (Å²) in [5.41, 5.74) is 0.850. The molecule has 5 nitrogen and oxygen atoms in total. The van der Waals surface area contributed by atoms with Crippen LogP contribution in [0.4, 0.5) is 11.5 Å². The van der Waals surface area contributed by atoms with Crippen LogP contribution in [-0.2, 0) is 0 Å². The van der Waals surface area contributed by atoms with Gasteiger partial charge in [-0.1, -0.05) is 0 Å².